The van der Waals surface area contributed by atoms with Crippen LogP contribution in [0.15, 0.2) is 95.0 Å². The summed E-state index contributed by atoms with van der Waals surface area (Å²) in [4.78, 5) is 25.8. The second-order valence-corrected chi connectivity index (χ2v) is 11.5. The van der Waals surface area contributed by atoms with Gasteiger partial charge in [-0.3, -0.25) is 10.1 Å². The fraction of sp³-hybridized carbons (Fsp3) is 0.143. The topological polar surface area (TPSA) is 134 Å². The van der Waals surface area contributed by atoms with Crippen molar-refractivity contribution >= 4 is 33.1 Å². The number of amides is 2. The van der Waals surface area contributed by atoms with Crippen LogP contribution in [0.2, 0.25) is 0 Å². The zero-order valence-electron chi connectivity index (χ0n) is 21.4. The van der Waals surface area contributed by atoms with Crippen molar-refractivity contribution in [2.24, 2.45) is 0 Å². The number of rotatable bonds is 6. The Morgan fingerprint density at radius 3 is 2.18 bits per heavy atom. The van der Waals surface area contributed by atoms with Gasteiger partial charge in [-0.1, -0.05) is 18.2 Å². The van der Waals surface area contributed by atoms with E-state index in [1.54, 1.807) is 57.2 Å². The van der Waals surface area contributed by atoms with Crippen LogP contribution >= 0.6 is 0 Å². The molecule has 0 fully saturated rings. The highest BCUT2D eigenvalue weighted by Gasteiger charge is 2.20. The fourth-order valence-electron chi connectivity index (χ4n) is 3.55. The Morgan fingerprint density at radius 1 is 0.897 bits per heavy atom. The van der Waals surface area contributed by atoms with Crippen LogP contribution < -0.4 is 10.6 Å². The van der Waals surface area contributed by atoms with E-state index in [9.17, 15) is 18.2 Å². The molecule has 1 unspecified atom stereocenters. The van der Waals surface area contributed by atoms with E-state index < -0.39 is 27.3 Å². The standard InChI is InChI=1S/C28H26FN5O4S/c1-28(2,3)38-27(36)33-23-15-10-20(18-6-11-21(29)12-7-18)17-24(23)32-26(35)19-8-13-22(14-9-19)39(30,37)25-5-4-16-31-34-25/h4-17,30H,1-3H3,(H,32,35)(H,33,36). The van der Waals surface area contributed by atoms with Crippen LogP contribution in [0, 0.1) is 10.6 Å². The van der Waals surface area contributed by atoms with Crippen molar-refractivity contribution < 1.29 is 22.9 Å². The molecule has 1 aromatic heterocycles. The minimum absolute atomic E-state index is 0.0117. The lowest BCUT2D eigenvalue weighted by atomic mass is 10.0. The van der Waals surface area contributed by atoms with Gasteiger partial charge in [-0.15, -0.1) is 5.10 Å². The maximum absolute atomic E-state index is 13.4. The van der Waals surface area contributed by atoms with Gasteiger partial charge < -0.3 is 10.1 Å². The van der Waals surface area contributed by atoms with E-state index in [1.165, 1.54) is 48.7 Å². The predicted molar refractivity (Wildman–Crippen MR) is 146 cm³/mol. The highest BCUT2D eigenvalue weighted by Crippen LogP contribution is 2.30. The monoisotopic (exact) mass is 547 g/mol. The molecule has 0 aliphatic heterocycles. The summed E-state index contributed by atoms with van der Waals surface area (Å²) >= 11 is 0. The lowest BCUT2D eigenvalue weighted by molar-refractivity contribution is 0.0635. The van der Waals surface area contributed by atoms with Crippen LogP contribution in [-0.4, -0.2) is 32.0 Å². The second kappa shape index (κ2) is 11.0. The molecule has 39 heavy (non-hydrogen) atoms. The molecule has 1 atom stereocenters. The molecule has 2 amide bonds. The van der Waals surface area contributed by atoms with E-state index in [0.29, 0.717) is 11.1 Å². The molecular formula is C28H26FN5O4S. The number of hydrogen-bond acceptors (Lipinski definition) is 7. The molecule has 9 nitrogen and oxygen atoms in total. The summed E-state index contributed by atoms with van der Waals surface area (Å²) in [5.74, 6) is -0.893. The number of hydrogen-bond donors (Lipinski definition) is 3. The average Bonchev–Trinajstić information content (AvgIpc) is 2.89. The van der Waals surface area contributed by atoms with Gasteiger partial charge in [0.05, 0.1) is 16.3 Å². The number of nitrogens with zero attached hydrogens (tertiary/aromatic N) is 2. The minimum Gasteiger partial charge on any atom is -0.444 e. The zero-order valence-corrected chi connectivity index (χ0v) is 22.2. The third kappa shape index (κ3) is 6.82. The van der Waals surface area contributed by atoms with Crippen LogP contribution in [-0.2, 0) is 14.5 Å². The van der Waals surface area contributed by atoms with Crippen molar-refractivity contribution in [2.75, 3.05) is 10.6 Å². The summed E-state index contributed by atoms with van der Waals surface area (Å²) in [6.07, 6.45) is 0.717. The molecule has 4 aromatic rings. The van der Waals surface area contributed by atoms with Gasteiger partial charge in [-0.05, 0) is 92.6 Å². The third-order valence-electron chi connectivity index (χ3n) is 5.37. The Kier molecular flexibility index (Phi) is 7.73. The number of aromatic nitrogens is 2. The van der Waals surface area contributed by atoms with Gasteiger partial charge in [-0.2, -0.15) is 5.10 Å². The van der Waals surface area contributed by atoms with Gasteiger partial charge in [0.2, 0.25) is 0 Å². The van der Waals surface area contributed by atoms with Crippen LogP contribution in [0.3, 0.4) is 0 Å². The van der Waals surface area contributed by atoms with Crippen molar-refractivity contribution in [3.8, 4) is 11.1 Å². The smallest absolute Gasteiger partial charge is 0.412 e. The number of ether oxygens (including phenoxy) is 1. The van der Waals surface area contributed by atoms with E-state index in [2.05, 4.69) is 20.8 Å². The quantitative estimate of drug-likeness (QED) is 0.258. The van der Waals surface area contributed by atoms with Crippen LogP contribution in [0.5, 0.6) is 0 Å². The third-order valence-corrected chi connectivity index (χ3v) is 7.11. The first-order valence-electron chi connectivity index (χ1n) is 11.8. The average molecular weight is 548 g/mol. The molecule has 3 aromatic carbocycles. The maximum Gasteiger partial charge on any atom is 0.412 e. The molecule has 0 saturated heterocycles. The first kappa shape index (κ1) is 27.4. The molecule has 11 heteroatoms. The normalized spacial score (nSPS) is 12.7. The van der Waals surface area contributed by atoms with Crippen molar-refractivity contribution in [1.29, 1.82) is 4.78 Å². The number of halogens is 1. The molecule has 0 aliphatic rings. The zero-order chi connectivity index (χ0) is 28.2. The Labute approximate surface area is 225 Å². The van der Waals surface area contributed by atoms with Gasteiger partial charge in [0, 0.05) is 11.8 Å². The van der Waals surface area contributed by atoms with Crippen molar-refractivity contribution in [3.05, 3.63) is 96.4 Å². The molecule has 0 saturated carbocycles. The summed E-state index contributed by atoms with van der Waals surface area (Å²) in [6, 6.07) is 19.6. The van der Waals surface area contributed by atoms with Gasteiger partial charge in [0.15, 0.2) is 5.03 Å². The van der Waals surface area contributed by atoms with Crippen molar-refractivity contribution in [2.45, 2.75) is 36.3 Å². The Bertz CT molecular complexity index is 1600. The summed E-state index contributed by atoms with van der Waals surface area (Å²) < 4.78 is 40.0. The lowest BCUT2D eigenvalue weighted by Gasteiger charge is -2.21. The van der Waals surface area contributed by atoms with Gasteiger partial charge >= 0.3 is 6.09 Å². The molecule has 1 heterocycles. The summed E-state index contributed by atoms with van der Waals surface area (Å²) in [5.41, 5.74) is 1.44. The molecule has 0 radical (unpaired) electrons. The number of anilines is 2. The highest BCUT2D eigenvalue weighted by atomic mass is 32.2. The Morgan fingerprint density at radius 2 is 1.56 bits per heavy atom. The first-order valence-corrected chi connectivity index (χ1v) is 13.4. The number of nitrogens with one attached hydrogen (secondary N) is 3. The Balaban J connectivity index is 1.62. The number of benzene rings is 3. The van der Waals surface area contributed by atoms with E-state index in [4.69, 9.17) is 9.52 Å². The van der Waals surface area contributed by atoms with Gasteiger partial charge in [-0.25, -0.2) is 18.2 Å². The molecule has 0 aliphatic carbocycles. The maximum atomic E-state index is 13.4. The van der Waals surface area contributed by atoms with Crippen LogP contribution in [0.4, 0.5) is 20.6 Å². The van der Waals surface area contributed by atoms with Gasteiger partial charge in [0.25, 0.3) is 5.91 Å². The lowest BCUT2D eigenvalue weighted by Crippen LogP contribution is -2.27. The molecule has 4 rings (SSSR count). The predicted octanol–water partition coefficient (Wildman–Crippen LogP) is 6.35. The molecule has 3 N–H and O–H groups in total. The highest BCUT2D eigenvalue weighted by molar-refractivity contribution is 7.92. The Hall–Kier alpha value is -4.64. The van der Waals surface area contributed by atoms with Crippen LogP contribution in [0.1, 0.15) is 31.1 Å². The van der Waals surface area contributed by atoms with E-state index in [1.807, 2.05) is 0 Å². The van der Waals surface area contributed by atoms with E-state index in [0.717, 1.165) is 0 Å². The summed E-state index contributed by atoms with van der Waals surface area (Å²) in [7, 11) is -3.41. The molecule has 200 valence electrons. The molecular weight excluding hydrogens is 521 g/mol. The first-order chi connectivity index (χ1) is 18.4. The van der Waals surface area contributed by atoms with E-state index in [-0.39, 0.29) is 32.7 Å². The van der Waals surface area contributed by atoms with Crippen LogP contribution in [0.25, 0.3) is 11.1 Å². The van der Waals surface area contributed by atoms with Crippen molar-refractivity contribution in [1.82, 2.24) is 10.2 Å². The SMILES string of the molecule is CC(C)(C)OC(=O)Nc1ccc(-c2ccc(F)cc2)cc1NC(=O)c1ccc(S(=N)(=O)c2cccnn2)cc1. The fourth-order valence-corrected chi connectivity index (χ4v) is 4.74. The summed E-state index contributed by atoms with van der Waals surface area (Å²) in [5, 5.41) is 12.9. The van der Waals surface area contributed by atoms with E-state index >= 15 is 0 Å². The summed E-state index contributed by atoms with van der Waals surface area (Å²) in [6.45, 7) is 5.20. The molecule has 0 bridgehead atoms. The number of carbonyl (C=O) groups is 2. The molecule has 0 spiro atoms. The van der Waals surface area contributed by atoms with Crippen molar-refractivity contribution in [3.63, 3.8) is 0 Å². The number of carbonyl (C=O) groups excluding carboxylic acids is 2. The van der Waals surface area contributed by atoms with Gasteiger partial charge in [0.1, 0.15) is 21.1 Å². The second-order valence-electron chi connectivity index (χ2n) is 9.49. The largest absolute Gasteiger partial charge is 0.444 e. The minimum atomic E-state index is -3.41.